The average molecular weight is 357 g/mol. The molecule has 3 rings (SSSR count). The van der Waals surface area contributed by atoms with Crippen LogP contribution in [0.25, 0.3) is 5.69 Å². The summed E-state index contributed by atoms with van der Waals surface area (Å²) < 4.78 is 6.90. The molecule has 1 N–H and O–H groups in total. The lowest BCUT2D eigenvalue weighted by Crippen LogP contribution is -2.27. The molecule has 1 heterocycles. The van der Waals surface area contributed by atoms with Crippen LogP contribution in [0.5, 0.6) is 5.75 Å². The van der Waals surface area contributed by atoms with Crippen LogP contribution in [-0.4, -0.2) is 27.8 Å². The molecule has 25 heavy (non-hydrogen) atoms. The van der Waals surface area contributed by atoms with Crippen molar-refractivity contribution in [2.75, 3.05) is 7.11 Å². The first kappa shape index (κ1) is 17.0. The number of carbonyl (C=O) groups excluding carboxylic acids is 1. The Bertz CT molecular complexity index is 863. The van der Waals surface area contributed by atoms with Gasteiger partial charge in [-0.2, -0.15) is 5.10 Å². The molecule has 0 spiro atoms. The van der Waals surface area contributed by atoms with Crippen molar-refractivity contribution in [2.45, 2.75) is 13.0 Å². The van der Waals surface area contributed by atoms with Crippen LogP contribution in [0, 0.1) is 0 Å². The fraction of sp³-hybridized carbons (Fsp3) is 0.167. The van der Waals surface area contributed by atoms with E-state index in [0.717, 1.165) is 11.3 Å². The Morgan fingerprint density at radius 2 is 2.00 bits per heavy atom. The van der Waals surface area contributed by atoms with Crippen molar-refractivity contribution in [1.82, 2.24) is 20.1 Å². The van der Waals surface area contributed by atoms with Gasteiger partial charge in [-0.15, -0.1) is 0 Å². The largest absolute Gasteiger partial charge is 0.496 e. The Kier molecular flexibility index (Phi) is 5.00. The first-order valence-electron chi connectivity index (χ1n) is 7.68. The molecule has 0 aliphatic heterocycles. The number of nitrogens with one attached hydrogen (secondary N) is 1. The van der Waals surface area contributed by atoms with Crippen molar-refractivity contribution < 1.29 is 9.53 Å². The minimum absolute atomic E-state index is 0.180. The number of hydrogen-bond donors (Lipinski definition) is 1. The van der Waals surface area contributed by atoms with E-state index < -0.39 is 0 Å². The molecule has 0 bridgehead atoms. The van der Waals surface area contributed by atoms with Crippen LogP contribution < -0.4 is 10.1 Å². The summed E-state index contributed by atoms with van der Waals surface area (Å²) in [6.45, 7) is 1.92. The summed E-state index contributed by atoms with van der Waals surface area (Å²) in [5.41, 5.74) is 2.27. The predicted octanol–water partition coefficient (Wildman–Crippen LogP) is 3.42. The second-order valence-corrected chi connectivity index (χ2v) is 5.91. The highest BCUT2D eigenvalue weighted by Crippen LogP contribution is 2.24. The van der Waals surface area contributed by atoms with Gasteiger partial charge in [0.15, 0.2) is 0 Å². The van der Waals surface area contributed by atoms with Gasteiger partial charge in [0.2, 0.25) is 0 Å². The van der Waals surface area contributed by atoms with Gasteiger partial charge in [0.05, 0.1) is 24.4 Å². The van der Waals surface area contributed by atoms with E-state index in [2.05, 4.69) is 15.4 Å². The van der Waals surface area contributed by atoms with E-state index in [4.69, 9.17) is 16.3 Å². The highest BCUT2D eigenvalue weighted by atomic mass is 35.5. The van der Waals surface area contributed by atoms with Crippen molar-refractivity contribution in [3.05, 3.63) is 71.3 Å². The van der Waals surface area contributed by atoms with Crippen molar-refractivity contribution >= 4 is 17.5 Å². The lowest BCUT2D eigenvalue weighted by Gasteiger charge is -2.16. The topological polar surface area (TPSA) is 69.0 Å². The molecule has 1 amide bonds. The Hall–Kier alpha value is -2.86. The van der Waals surface area contributed by atoms with Gasteiger partial charge >= 0.3 is 0 Å². The first-order chi connectivity index (χ1) is 12.1. The van der Waals surface area contributed by atoms with Gasteiger partial charge in [-0.05, 0) is 42.8 Å². The van der Waals surface area contributed by atoms with Gasteiger partial charge in [-0.3, -0.25) is 4.79 Å². The summed E-state index contributed by atoms with van der Waals surface area (Å²) in [4.78, 5) is 16.5. The zero-order valence-corrected chi connectivity index (χ0v) is 14.6. The third-order valence-electron chi connectivity index (χ3n) is 3.83. The molecule has 2 aromatic carbocycles. The second-order valence-electron chi connectivity index (χ2n) is 5.47. The van der Waals surface area contributed by atoms with E-state index in [-0.39, 0.29) is 11.9 Å². The van der Waals surface area contributed by atoms with E-state index in [1.54, 1.807) is 29.2 Å². The number of nitrogens with zero attached hydrogens (tertiary/aromatic N) is 3. The number of aromatic nitrogens is 3. The number of carbonyl (C=O) groups is 1. The van der Waals surface area contributed by atoms with Crippen molar-refractivity contribution in [3.8, 4) is 11.4 Å². The zero-order valence-electron chi connectivity index (χ0n) is 13.8. The Morgan fingerprint density at radius 3 is 2.64 bits per heavy atom. The van der Waals surface area contributed by atoms with E-state index in [0.29, 0.717) is 16.3 Å². The molecule has 1 atom stereocenters. The molecule has 0 aliphatic carbocycles. The molecular weight excluding hydrogens is 340 g/mol. The summed E-state index contributed by atoms with van der Waals surface area (Å²) in [6, 6.07) is 12.5. The van der Waals surface area contributed by atoms with Gasteiger partial charge in [-0.1, -0.05) is 23.7 Å². The Balaban J connectivity index is 1.74. The first-order valence-corrected chi connectivity index (χ1v) is 8.05. The van der Waals surface area contributed by atoms with E-state index >= 15 is 0 Å². The van der Waals surface area contributed by atoms with Crippen LogP contribution in [-0.2, 0) is 0 Å². The maximum atomic E-state index is 12.5. The number of methoxy groups -OCH3 is 1. The quantitative estimate of drug-likeness (QED) is 0.760. The normalized spacial score (nSPS) is 11.8. The number of benzene rings is 2. The lowest BCUT2D eigenvalue weighted by molar-refractivity contribution is 0.0937. The van der Waals surface area contributed by atoms with E-state index in [1.165, 1.54) is 13.4 Å². The van der Waals surface area contributed by atoms with Crippen LogP contribution in [0.2, 0.25) is 5.02 Å². The fourth-order valence-corrected chi connectivity index (χ4v) is 2.64. The minimum Gasteiger partial charge on any atom is -0.496 e. The SMILES string of the molecule is COc1ccc(Cl)cc1C(=O)NC(C)c1ccc(-n2cncn2)cc1. The lowest BCUT2D eigenvalue weighted by atomic mass is 10.1. The molecule has 0 aliphatic rings. The number of hydrogen-bond acceptors (Lipinski definition) is 4. The zero-order chi connectivity index (χ0) is 17.8. The van der Waals surface area contributed by atoms with Gasteiger partial charge in [0.25, 0.3) is 5.91 Å². The molecule has 3 aromatic rings. The molecule has 0 radical (unpaired) electrons. The van der Waals surface area contributed by atoms with Crippen LogP contribution in [0.1, 0.15) is 28.9 Å². The number of rotatable bonds is 5. The molecule has 128 valence electrons. The summed E-state index contributed by atoms with van der Waals surface area (Å²) in [6.07, 6.45) is 3.11. The predicted molar refractivity (Wildman–Crippen MR) is 95.2 cm³/mol. The van der Waals surface area contributed by atoms with E-state index in [1.807, 2.05) is 31.2 Å². The number of amides is 1. The molecule has 0 saturated heterocycles. The Morgan fingerprint density at radius 1 is 1.24 bits per heavy atom. The molecule has 7 heteroatoms. The minimum atomic E-state index is -0.243. The van der Waals surface area contributed by atoms with E-state index in [9.17, 15) is 4.79 Å². The number of halogens is 1. The molecule has 6 nitrogen and oxygen atoms in total. The fourth-order valence-electron chi connectivity index (χ4n) is 2.47. The van der Waals surface area contributed by atoms with Gasteiger partial charge < -0.3 is 10.1 Å². The Labute approximate surface area is 150 Å². The molecular formula is C18H17ClN4O2. The van der Waals surface area contributed by atoms with Crippen LogP contribution >= 0.6 is 11.6 Å². The van der Waals surface area contributed by atoms with Crippen molar-refractivity contribution in [1.29, 1.82) is 0 Å². The average Bonchev–Trinajstić information content (AvgIpc) is 3.16. The van der Waals surface area contributed by atoms with Gasteiger partial charge in [-0.25, -0.2) is 9.67 Å². The van der Waals surface area contributed by atoms with Crippen molar-refractivity contribution in [3.63, 3.8) is 0 Å². The molecule has 0 saturated carbocycles. The third kappa shape index (κ3) is 3.80. The maximum absolute atomic E-state index is 12.5. The summed E-state index contributed by atoms with van der Waals surface area (Å²) in [5, 5.41) is 7.52. The molecule has 0 fully saturated rings. The van der Waals surface area contributed by atoms with Crippen LogP contribution in [0.15, 0.2) is 55.1 Å². The van der Waals surface area contributed by atoms with Crippen LogP contribution in [0.3, 0.4) is 0 Å². The molecule has 1 aromatic heterocycles. The maximum Gasteiger partial charge on any atom is 0.255 e. The second kappa shape index (κ2) is 7.36. The summed E-state index contributed by atoms with van der Waals surface area (Å²) in [5.74, 6) is 0.239. The third-order valence-corrected chi connectivity index (χ3v) is 4.07. The highest BCUT2D eigenvalue weighted by molar-refractivity contribution is 6.31. The van der Waals surface area contributed by atoms with Gasteiger partial charge in [0, 0.05) is 5.02 Å². The monoisotopic (exact) mass is 356 g/mol. The summed E-state index contributed by atoms with van der Waals surface area (Å²) in [7, 11) is 1.52. The van der Waals surface area contributed by atoms with Crippen molar-refractivity contribution in [2.24, 2.45) is 0 Å². The smallest absolute Gasteiger partial charge is 0.255 e. The summed E-state index contributed by atoms with van der Waals surface area (Å²) >= 11 is 5.99. The highest BCUT2D eigenvalue weighted by Gasteiger charge is 2.16. The standard InChI is InChI=1S/C18H17ClN4O2/c1-12(13-3-6-15(7-4-13)23-11-20-10-21-23)22-18(24)16-9-14(19)5-8-17(16)25-2/h3-12H,1-2H3,(H,22,24). The van der Waals surface area contributed by atoms with Crippen LogP contribution in [0.4, 0.5) is 0 Å². The molecule has 1 unspecified atom stereocenters. The van der Waals surface area contributed by atoms with Gasteiger partial charge in [0.1, 0.15) is 18.4 Å². The number of ether oxygens (including phenoxy) is 1.